The Morgan fingerprint density at radius 1 is 0.371 bits per heavy atom. The molecule has 4 nitrogen and oxygen atoms in total. The van der Waals surface area contributed by atoms with Crippen molar-refractivity contribution < 1.29 is 4.42 Å². The van der Waals surface area contributed by atoms with Crippen LogP contribution in [0, 0.1) is 13.8 Å². The third-order valence-corrected chi connectivity index (χ3v) is 14.4. The van der Waals surface area contributed by atoms with Crippen LogP contribution in [0.25, 0.3) is 71.0 Å². The van der Waals surface area contributed by atoms with E-state index in [1.54, 1.807) is 0 Å². The van der Waals surface area contributed by atoms with Crippen molar-refractivity contribution in [3.8, 4) is 5.69 Å². The van der Waals surface area contributed by atoms with Crippen LogP contribution in [-0.2, 0) is 10.8 Å². The third kappa shape index (κ3) is 7.12. The van der Waals surface area contributed by atoms with Crippen molar-refractivity contribution >= 4 is 99.4 Å². The molecule has 0 saturated heterocycles. The number of nitrogens with zero attached hydrogens (tertiary/aromatic N) is 3. The van der Waals surface area contributed by atoms with Gasteiger partial charge in [0, 0.05) is 55.1 Å². The van der Waals surface area contributed by atoms with Crippen molar-refractivity contribution in [1.29, 1.82) is 0 Å². The lowest BCUT2D eigenvalue weighted by atomic mass is 9.87. The van der Waals surface area contributed by atoms with Crippen molar-refractivity contribution in [3.05, 3.63) is 222 Å². The van der Waals surface area contributed by atoms with E-state index in [0.717, 1.165) is 72.8 Å². The Morgan fingerprint density at radius 3 is 1.17 bits per heavy atom. The molecule has 0 bridgehead atoms. The SMILES string of the molecule is Cc1ccc(N(c2ccc(C(C)(C)C)cc2)c2cc3c(c4ccccc24)c2c4ccccc4c(N(c4ccc(C)cc4)c4ccc(C(C)(C)C)cc4)cc2n3-c2cccc3c2oc2ccccc23)cc1. The lowest BCUT2D eigenvalue weighted by molar-refractivity contribution is 0.590. The highest BCUT2D eigenvalue weighted by molar-refractivity contribution is 6.32. The minimum Gasteiger partial charge on any atom is -0.454 e. The minimum absolute atomic E-state index is 0.0178. The quantitative estimate of drug-likeness (QED) is 0.159. The second-order valence-electron chi connectivity index (χ2n) is 21.2. The largest absolute Gasteiger partial charge is 0.454 e. The van der Waals surface area contributed by atoms with Crippen molar-refractivity contribution in [2.75, 3.05) is 9.80 Å². The van der Waals surface area contributed by atoms with Crippen molar-refractivity contribution in [1.82, 2.24) is 4.57 Å². The third-order valence-electron chi connectivity index (χ3n) is 14.4. The van der Waals surface area contributed by atoms with Gasteiger partial charge in [-0.25, -0.2) is 0 Å². The number of furan rings is 1. The number of benzene rings is 10. The topological polar surface area (TPSA) is 24.6 Å². The number of hydrogen-bond acceptors (Lipinski definition) is 3. The zero-order valence-corrected chi connectivity index (χ0v) is 41.3. The second kappa shape index (κ2) is 16.3. The average Bonchev–Trinajstić information content (AvgIpc) is 3.91. The molecule has 0 amide bonds. The predicted molar refractivity (Wildman–Crippen MR) is 299 cm³/mol. The highest BCUT2D eigenvalue weighted by Gasteiger charge is 2.28. The Bertz CT molecular complexity index is 3750. The lowest BCUT2D eigenvalue weighted by Crippen LogP contribution is -2.13. The molecule has 0 spiro atoms. The number of fused-ring (bicyclic) bond motifs is 10. The molecule has 2 heterocycles. The molecule has 0 aliphatic heterocycles. The molecule has 12 rings (SSSR count). The van der Waals surface area contributed by atoms with Crippen LogP contribution in [0.5, 0.6) is 0 Å². The van der Waals surface area contributed by atoms with Gasteiger partial charge < -0.3 is 18.8 Å². The normalized spacial score (nSPS) is 12.3. The molecule has 70 heavy (non-hydrogen) atoms. The van der Waals surface area contributed by atoms with Gasteiger partial charge in [-0.2, -0.15) is 0 Å². The minimum atomic E-state index is 0.0178. The molecule has 0 saturated carbocycles. The van der Waals surface area contributed by atoms with Crippen LogP contribution in [-0.4, -0.2) is 4.57 Å². The van der Waals surface area contributed by atoms with Crippen LogP contribution in [0.3, 0.4) is 0 Å². The summed E-state index contributed by atoms with van der Waals surface area (Å²) in [6, 6.07) is 74.1. The first-order chi connectivity index (χ1) is 33.8. The maximum absolute atomic E-state index is 6.97. The first-order valence-corrected chi connectivity index (χ1v) is 24.6. The van der Waals surface area contributed by atoms with Crippen molar-refractivity contribution in [2.24, 2.45) is 0 Å². The molecule has 0 unspecified atom stereocenters. The van der Waals surface area contributed by atoms with Crippen LogP contribution in [0.15, 0.2) is 205 Å². The molecule has 0 aliphatic carbocycles. The number of rotatable bonds is 7. The van der Waals surface area contributed by atoms with Gasteiger partial charge in [-0.1, -0.05) is 180 Å². The van der Waals surface area contributed by atoms with Gasteiger partial charge >= 0.3 is 0 Å². The number of hydrogen-bond donors (Lipinski definition) is 0. The summed E-state index contributed by atoms with van der Waals surface area (Å²) in [5, 5.41) is 9.31. The summed E-state index contributed by atoms with van der Waals surface area (Å²) in [6.07, 6.45) is 0. The Hall–Kier alpha value is -8.08. The van der Waals surface area contributed by atoms with Gasteiger partial charge in [-0.15, -0.1) is 0 Å². The summed E-state index contributed by atoms with van der Waals surface area (Å²) < 4.78 is 9.46. The fraction of sp³-hybridized carbons (Fsp3) is 0.152. The van der Waals surface area contributed by atoms with Crippen LogP contribution in [0.4, 0.5) is 34.1 Å². The van der Waals surface area contributed by atoms with E-state index in [0.29, 0.717) is 0 Å². The van der Waals surface area contributed by atoms with E-state index in [-0.39, 0.29) is 10.8 Å². The van der Waals surface area contributed by atoms with Crippen molar-refractivity contribution in [3.63, 3.8) is 0 Å². The van der Waals surface area contributed by atoms with E-state index in [1.807, 2.05) is 0 Å². The summed E-state index contributed by atoms with van der Waals surface area (Å²) in [5.74, 6) is 0. The van der Waals surface area contributed by atoms with E-state index in [4.69, 9.17) is 4.42 Å². The highest BCUT2D eigenvalue weighted by Crippen LogP contribution is 2.51. The second-order valence-corrected chi connectivity index (χ2v) is 21.2. The Labute approximate surface area is 410 Å². The van der Waals surface area contributed by atoms with Gasteiger partial charge in [-0.3, -0.25) is 0 Å². The molecule has 4 heteroatoms. The zero-order valence-electron chi connectivity index (χ0n) is 41.3. The average molecular weight is 908 g/mol. The smallest absolute Gasteiger partial charge is 0.159 e. The first kappa shape index (κ1) is 43.2. The summed E-state index contributed by atoms with van der Waals surface area (Å²) >= 11 is 0. The van der Waals surface area contributed by atoms with Gasteiger partial charge in [0.2, 0.25) is 0 Å². The van der Waals surface area contributed by atoms with Gasteiger partial charge in [0.15, 0.2) is 5.58 Å². The maximum Gasteiger partial charge on any atom is 0.159 e. The molecule has 0 fully saturated rings. The Kier molecular flexibility index (Phi) is 10.0. The van der Waals surface area contributed by atoms with E-state index in [9.17, 15) is 0 Å². The van der Waals surface area contributed by atoms with Gasteiger partial charge in [0.25, 0.3) is 0 Å². The van der Waals surface area contributed by atoms with Crippen LogP contribution in [0.1, 0.15) is 63.8 Å². The lowest BCUT2D eigenvalue weighted by Gasteiger charge is -2.28. The summed E-state index contributed by atoms with van der Waals surface area (Å²) in [5.41, 5.74) is 16.6. The number of para-hydroxylation sites is 2. The molecule has 12 aromatic rings. The summed E-state index contributed by atoms with van der Waals surface area (Å²) in [6.45, 7) is 18.0. The molecule has 342 valence electrons. The standard InChI is InChI=1S/C66H57N3O/c1-42-24-32-46(33-25-42)67(48-36-28-44(29-37-48)65(3,4)5)57-40-59-62(53-19-11-9-16-50(53)57)63-54-20-12-10-17-51(54)58(68(47-34-26-43(2)27-35-47)49-38-30-45(31-39-49)66(6,7)8)41-60(63)69(59)56-22-15-21-55-52-18-13-14-23-61(52)70-64(55)56/h9-41H,1-8H3. The molecule has 0 radical (unpaired) electrons. The maximum atomic E-state index is 6.97. The monoisotopic (exact) mass is 907 g/mol. The Morgan fingerprint density at radius 2 is 0.743 bits per heavy atom. The molecule has 0 N–H and O–H groups in total. The molecule has 2 aromatic heterocycles. The predicted octanol–water partition coefficient (Wildman–Crippen LogP) is 19.1. The molecular formula is C66H57N3O. The van der Waals surface area contributed by atoms with Crippen LogP contribution in [0.2, 0.25) is 0 Å². The van der Waals surface area contributed by atoms with Crippen LogP contribution >= 0.6 is 0 Å². The van der Waals surface area contributed by atoms with Crippen LogP contribution < -0.4 is 9.80 Å². The fourth-order valence-electron chi connectivity index (χ4n) is 10.7. The van der Waals surface area contributed by atoms with E-state index in [2.05, 4.69) is 270 Å². The molecule has 10 aromatic carbocycles. The van der Waals surface area contributed by atoms with Crippen molar-refractivity contribution in [2.45, 2.75) is 66.2 Å². The summed E-state index contributed by atoms with van der Waals surface area (Å²) in [7, 11) is 0. The number of aryl methyl sites for hydroxylation is 2. The van der Waals surface area contributed by atoms with E-state index >= 15 is 0 Å². The molecular weight excluding hydrogens is 851 g/mol. The van der Waals surface area contributed by atoms with E-state index < -0.39 is 0 Å². The Balaban J connectivity index is 1.25. The zero-order chi connectivity index (χ0) is 48.1. The molecule has 0 atom stereocenters. The fourth-order valence-corrected chi connectivity index (χ4v) is 10.7. The number of anilines is 6. The number of aromatic nitrogens is 1. The first-order valence-electron chi connectivity index (χ1n) is 24.6. The van der Waals surface area contributed by atoms with Gasteiger partial charge in [0.1, 0.15) is 5.58 Å². The highest BCUT2D eigenvalue weighted by atomic mass is 16.3. The summed E-state index contributed by atoms with van der Waals surface area (Å²) in [4.78, 5) is 4.89. The molecule has 0 aliphatic rings. The van der Waals surface area contributed by atoms with Gasteiger partial charge in [-0.05, 0) is 119 Å². The van der Waals surface area contributed by atoms with Gasteiger partial charge in [0.05, 0.1) is 28.1 Å². The van der Waals surface area contributed by atoms with E-state index in [1.165, 1.54) is 54.6 Å².